The molecule has 0 atom stereocenters. The van der Waals surface area contributed by atoms with Crippen LogP contribution in [0, 0.1) is 0 Å². The number of carbonyl (C=O) groups is 2. The van der Waals surface area contributed by atoms with Gasteiger partial charge in [-0.25, -0.2) is 0 Å². The number of Topliss-reactive ketones (excluding diaryl/α,β-unsaturated/α-hetero) is 1. The molecule has 0 spiro atoms. The van der Waals surface area contributed by atoms with E-state index in [1.54, 1.807) is 12.1 Å². The van der Waals surface area contributed by atoms with Crippen LogP contribution in [0.4, 0.5) is 5.69 Å². The molecule has 0 bridgehead atoms. The molecule has 1 aromatic heterocycles. The van der Waals surface area contributed by atoms with Gasteiger partial charge in [0.2, 0.25) is 5.78 Å². The van der Waals surface area contributed by atoms with Gasteiger partial charge in [0.1, 0.15) is 0 Å². The fourth-order valence-electron chi connectivity index (χ4n) is 3.13. The number of benzene rings is 3. The minimum absolute atomic E-state index is 0.0440. The van der Waals surface area contributed by atoms with Crippen molar-refractivity contribution in [3.05, 3.63) is 107 Å². The molecule has 0 saturated carbocycles. The second-order valence-corrected chi connectivity index (χ2v) is 8.91. The summed E-state index contributed by atoms with van der Waals surface area (Å²) in [6, 6.07) is 28.1. The number of hydrogen-bond donors (Lipinski definition) is 1. The highest BCUT2D eigenvalue weighted by molar-refractivity contribution is 8.02. The lowest BCUT2D eigenvalue weighted by molar-refractivity contribution is 0.102. The molecule has 1 heterocycles. The number of nitrogens with two attached hydrogens (primary N) is 1. The Labute approximate surface area is 183 Å². The van der Waals surface area contributed by atoms with Gasteiger partial charge in [0.15, 0.2) is 5.78 Å². The number of hydrogen-bond acceptors (Lipinski definition) is 5. The van der Waals surface area contributed by atoms with E-state index in [2.05, 4.69) is 0 Å². The van der Waals surface area contributed by atoms with Crippen molar-refractivity contribution in [2.45, 2.75) is 4.21 Å². The molecule has 0 aliphatic rings. The van der Waals surface area contributed by atoms with Crippen molar-refractivity contribution in [1.82, 2.24) is 0 Å². The van der Waals surface area contributed by atoms with Crippen molar-refractivity contribution in [3.63, 3.8) is 0 Å². The van der Waals surface area contributed by atoms with Gasteiger partial charge in [0, 0.05) is 16.7 Å². The monoisotopic (exact) mass is 429 g/mol. The minimum atomic E-state index is -0.100. The number of thioether (sulfide) groups is 1. The number of nitrogen functional groups attached to an aromatic ring is 1. The fourth-order valence-corrected chi connectivity index (χ4v) is 5.53. The predicted octanol–water partition coefficient (Wildman–Crippen LogP) is 6.20. The van der Waals surface area contributed by atoms with Gasteiger partial charge in [-0.2, -0.15) is 0 Å². The van der Waals surface area contributed by atoms with Gasteiger partial charge in [-0.15, -0.1) is 23.1 Å². The topological polar surface area (TPSA) is 60.2 Å². The van der Waals surface area contributed by atoms with E-state index in [1.165, 1.54) is 23.1 Å². The average Bonchev–Trinajstić information content (AvgIpc) is 3.14. The lowest BCUT2D eigenvalue weighted by Crippen LogP contribution is -2.02. The summed E-state index contributed by atoms with van der Waals surface area (Å²) >= 11 is 2.79. The Kier molecular flexibility index (Phi) is 6.12. The zero-order valence-corrected chi connectivity index (χ0v) is 17.7. The van der Waals surface area contributed by atoms with Crippen LogP contribution in [0.25, 0.3) is 11.1 Å². The minimum Gasteiger partial charge on any atom is -0.397 e. The first-order valence-corrected chi connectivity index (χ1v) is 11.2. The summed E-state index contributed by atoms with van der Waals surface area (Å²) < 4.78 is 0.877. The number of anilines is 1. The SMILES string of the molecule is Nc1c(C(=O)c2ccccc2)sc(SCC(=O)c2ccccc2)c1-c1ccccc1. The van der Waals surface area contributed by atoms with Crippen LogP contribution in [0.3, 0.4) is 0 Å². The zero-order valence-electron chi connectivity index (χ0n) is 16.1. The van der Waals surface area contributed by atoms with Crippen LogP contribution in [-0.4, -0.2) is 17.3 Å². The van der Waals surface area contributed by atoms with Crippen molar-refractivity contribution in [1.29, 1.82) is 0 Å². The molecule has 5 heteroatoms. The summed E-state index contributed by atoms with van der Waals surface area (Å²) in [6.07, 6.45) is 0. The maximum absolute atomic E-state index is 13.1. The largest absolute Gasteiger partial charge is 0.397 e. The Morgan fingerprint density at radius 1 is 0.767 bits per heavy atom. The summed E-state index contributed by atoms with van der Waals surface area (Å²) in [4.78, 5) is 26.2. The van der Waals surface area contributed by atoms with E-state index in [4.69, 9.17) is 5.73 Å². The molecule has 0 aliphatic heterocycles. The average molecular weight is 430 g/mol. The lowest BCUT2D eigenvalue weighted by Gasteiger charge is -2.06. The van der Waals surface area contributed by atoms with Crippen LogP contribution >= 0.6 is 23.1 Å². The summed E-state index contributed by atoms with van der Waals surface area (Å²) in [5.41, 5.74) is 9.99. The predicted molar refractivity (Wildman–Crippen MR) is 126 cm³/mol. The Morgan fingerprint density at radius 3 is 1.90 bits per heavy atom. The molecular weight excluding hydrogens is 410 g/mol. The molecule has 4 aromatic rings. The molecule has 4 rings (SSSR count). The van der Waals surface area contributed by atoms with Crippen LogP contribution in [0.5, 0.6) is 0 Å². The van der Waals surface area contributed by atoms with Gasteiger partial charge in [-0.05, 0) is 5.56 Å². The van der Waals surface area contributed by atoms with E-state index in [1.807, 2.05) is 78.9 Å². The molecule has 3 aromatic carbocycles. The first kappa shape index (κ1) is 20.1. The highest BCUT2D eigenvalue weighted by atomic mass is 32.2. The van der Waals surface area contributed by atoms with Crippen molar-refractivity contribution >= 4 is 40.4 Å². The maximum atomic E-state index is 13.1. The van der Waals surface area contributed by atoms with Crippen LogP contribution in [-0.2, 0) is 0 Å². The molecule has 0 saturated heterocycles. The Bertz CT molecular complexity index is 1170. The lowest BCUT2D eigenvalue weighted by atomic mass is 10.0. The summed E-state index contributed by atoms with van der Waals surface area (Å²) in [6.45, 7) is 0. The van der Waals surface area contributed by atoms with E-state index in [0.717, 1.165) is 15.3 Å². The number of ketones is 2. The maximum Gasteiger partial charge on any atom is 0.205 e. The van der Waals surface area contributed by atoms with E-state index in [-0.39, 0.29) is 17.3 Å². The highest BCUT2D eigenvalue weighted by Gasteiger charge is 2.23. The zero-order chi connectivity index (χ0) is 20.9. The van der Waals surface area contributed by atoms with E-state index >= 15 is 0 Å². The molecule has 148 valence electrons. The number of thiophene rings is 1. The van der Waals surface area contributed by atoms with Gasteiger partial charge in [-0.3, -0.25) is 9.59 Å². The summed E-state index contributed by atoms with van der Waals surface area (Å²) in [5.74, 6) is 0.224. The highest BCUT2D eigenvalue weighted by Crippen LogP contribution is 2.45. The van der Waals surface area contributed by atoms with Crippen LogP contribution < -0.4 is 5.73 Å². The Morgan fingerprint density at radius 2 is 1.30 bits per heavy atom. The molecule has 0 radical (unpaired) electrons. The molecule has 0 aliphatic carbocycles. The van der Waals surface area contributed by atoms with Gasteiger partial charge in [0.05, 0.1) is 20.5 Å². The molecule has 30 heavy (non-hydrogen) atoms. The van der Waals surface area contributed by atoms with Crippen molar-refractivity contribution in [3.8, 4) is 11.1 Å². The van der Waals surface area contributed by atoms with Crippen LogP contribution in [0.15, 0.2) is 95.2 Å². The standard InChI is InChI=1S/C25H19NO2S2/c26-22-21(18-12-6-2-7-13-18)25(29-16-20(27)17-10-4-1-5-11-17)30-24(22)23(28)19-14-8-3-9-15-19/h1-15H,16,26H2. The van der Waals surface area contributed by atoms with Crippen molar-refractivity contribution in [2.24, 2.45) is 0 Å². The molecule has 2 N–H and O–H groups in total. The molecule has 0 unspecified atom stereocenters. The second-order valence-electron chi connectivity index (χ2n) is 6.65. The Hall–Kier alpha value is -3.15. The normalized spacial score (nSPS) is 10.7. The molecule has 0 fully saturated rings. The fraction of sp³-hybridized carbons (Fsp3) is 0.0400. The third-order valence-corrected chi connectivity index (χ3v) is 7.12. The van der Waals surface area contributed by atoms with E-state index in [0.29, 0.717) is 21.7 Å². The summed E-state index contributed by atoms with van der Waals surface area (Å²) in [7, 11) is 0. The number of rotatable bonds is 7. The van der Waals surface area contributed by atoms with E-state index in [9.17, 15) is 9.59 Å². The van der Waals surface area contributed by atoms with Crippen molar-refractivity contribution in [2.75, 3.05) is 11.5 Å². The Balaban J connectivity index is 1.70. The van der Waals surface area contributed by atoms with Crippen LogP contribution in [0.2, 0.25) is 0 Å². The van der Waals surface area contributed by atoms with Gasteiger partial charge >= 0.3 is 0 Å². The van der Waals surface area contributed by atoms with Gasteiger partial charge < -0.3 is 5.73 Å². The van der Waals surface area contributed by atoms with E-state index < -0.39 is 0 Å². The first-order valence-electron chi connectivity index (χ1n) is 9.43. The molecule has 0 amide bonds. The van der Waals surface area contributed by atoms with Crippen molar-refractivity contribution < 1.29 is 9.59 Å². The molecule has 3 nitrogen and oxygen atoms in total. The quantitative estimate of drug-likeness (QED) is 0.280. The molecular formula is C25H19NO2S2. The van der Waals surface area contributed by atoms with Crippen LogP contribution in [0.1, 0.15) is 25.6 Å². The number of carbonyl (C=O) groups excluding carboxylic acids is 2. The third kappa shape index (κ3) is 4.22. The van der Waals surface area contributed by atoms with Gasteiger partial charge in [-0.1, -0.05) is 91.0 Å². The smallest absolute Gasteiger partial charge is 0.205 e. The summed E-state index contributed by atoms with van der Waals surface area (Å²) in [5, 5.41) is 0. The third-order valence-electron chi connectivity index (χ3n) is 4.65. The second kappa shape index (κ2) is 9.11. The van der Waals surface area contributed by atoms with Gasteiger partial charge in [0.25, 0.3) is 0 Å². The first-order chi connectivity index (χ1) is 14.6.